The molecule has 0 aliphatic heterocycles. The lowest BCUT2D eigenvalue weighted by Gasteiger charge is -2.15. The van der Waals surface area contributed by atoms with E-state index in [1.807, 2.05) is 12.1 Å². The lowest BCUT2D eigenvalue weighted by Crippen LogP contribution is -2.30. The molecule has 4 aromatic rings. The molecule has 4 N–H and O–H groups in total. The smallest absolute Gasteiger partial charge is 0.320 e. The lowest BCUT2D eigenvalue weighted by atomic mass is 9.95. The summed E-state index contributed by atoms with van der Waals surface area (Å²) in [6.07, 6.45) is 1.75. The summed E-state index contributed by atoms with van der Waals surface area (Å²) >= 11 is 0. The molecule has 34 heavy (non-hydrogen) atoms. The molecule has 7 heteroatoms. The Labute approximate surface area is 198 Å². The summed E-state index contributed by atoms with van der Waals surface area (Å²) < 4.78 is 0. The second kappa shape index (κ2) is 11.3. The van der Waals surface area contributed by atoms with Gasteiger partial charge in [-0.25, -0.2) is 9.97 Å². The van der Waals surface area contributed by atoms with Crippen molar-refractivity contribution in [3.8, 4) is 11.4 Å². The maximum Gasteiger partial charge on any atom is 0.320 e. The van der Waals surface area contributed by atoms with E-state index in [1.165, 1.54) is 16.5 Å². The Hall–Kier alpha value is -3.84. The van der Waals surface area contributed by atoms with E-state index < -0.39 is 18.0 Å². The molecule has 0 radical (unpaired) electrons. The van der Waals surface area contributed by atoms with Crippen molar-refractivity contribution in [3.05, 3.63) is 71.8 Å². The number of rotatable bonds is 7. The van der Waals surface area contributed by atoms with Crippen LogP contribution >= 0.6 is 0 Å². The van der Waals surface area contributed by atoms with E-state index in [9.17, 15) is 9.59 Å². The van der Waals surface area contributed by atoms with Gasteiger partial charge in [0.25, 0.3) is 0 Å². The van der Waals surface area contributed by atoms with Crippen molar-refractivity contribution in [1.29, 1.82) is 0 Å². The molecular formula is C27H29N3O4. The van der Waals surface area contributed by atoms with Crippen molar-refractivity contribution < 1.29 is 19.8 Å². The Morgan fingerprint density at radius 2 is 1.50 bits per heavy atom. The van der Waals surface area contributed by atoms with Gasteiger partial charge in [-0.05, 0) is 48.6 Å². The third-order valence-electron chi connectivity index (χ3n) is 5.65. The quantitative estimate of drug-likeness (QED) is 0.361. The molecule has 0 aliphatic rings. The van der Waals surface area contributed by atoms with Gasteiger partial charge in [0, 0.05) is 17.2 Å². The van der Waals surface area contributed by atoms with E-state index in [1.54, 1.807) is 0 Å². The summed E-state index contributed by atoms with van der Waals surface area (Å²) in [6.45, 7) is 4.42. The number of hydrogen-bond donors (Lipinski definition) is 3. The molecule has 0 saturated heterocycles. The van der Waals surface area contributed by atoms with Gasteiger partial charge in [0.1, 0.15) is 6.04 Å². The van der Waals surface area contributed by atoms with Crippen LogP contribution in [0.4, 0.5) is 0 Å². The van der Waals surface area contributed by atoms with Crippen LogP contribution < -0.4 is 5.73 Å². The summed E-state index contributed by atoms with van der Waals surface area (Å²) in [4.78, 5) is 29.7. The fourth-order valence-corrected chi connectivity index (χ4v) is 3.92. The monoisotopic (exact) mass is 459 g/mol. The molecule has 1 atom stereocenters. The number of nitrogens with two attached hydrogens (primary N) is 1. The van der Waals surface area contributed by atoms with E-state index >= 15 is 0 Å². The Bertz CT molecular complexity index is 1320. The van der Waals surface area contributed by atoms with Gasteiger partial charge in [0.15, 0.2) is 0 Å². The molecule has 0 bridgehead atoms. The average molecular weight is 460 g/mol. The molecule has 2 aromatic heterocycles. The zero-order valence-corrected chi connectivity index (χ0v) is 19.4. The molecule has 0 spiro atoms. The number of aromatic nitrogens is 2. The lowest BCUT2D eigenvalue weighted by molar-refractivity contribution is -0.139. The number of aliphatic carboxylic acids is 2. The largest absolute Gasteiger partial charge is 0.481 e. The number of carboxylic acids is 2. The molecule has 0 saturated carbocycles. The van der Waals surface area contributed by atoms with Gasteiger partial charge in [0.05, 0.1) is 22.4 Å². The SMILES string of the molecule is CCc1c(-c2ccc3ccccc3n2)nc2ccccc2c1CC.NC(CCC(=O)O)C(=O)O. The third-order valence-corrected chi connectivity index (χ3v) is 5.65. The first-order valence-electron chi connectivity index (χ1n) is 11.3. The van der Waals surface area contributed by atoms with Crippen LogP contribution in [-0.2, 0) is 22.4 Å². The first kappa shape index (κ1) is 24.8. The summed E-state index contributed by atoms with van der Waals surface area (Å²) in [5.41, 5.74) is 11.8. The molecule has 1 unspecified atom stereocenters. The van der Waals surface area contributed by atoms with Gasteiger partial charge < -0.3 is 15.9 Å². The predicted molar refractivity (Wildman–Crippen MR) is 134 cm³/mol. The Kier molecular flexibility index (Phi) is 8.27. The minimum Gasteiger partial charge on any atom is -0.481 e. The first-order valence-corrected chi connectivity index (χ1v) is 11.3. The highest BCUT2D eigenvalue weighted by molar-refractivity contribution is 5.88. The zero-order valence-electron chi connectivity index (χ0n) is 19.4. The van der Waals surface area contributed by atoms with Crippen LogP contribution in [0.3, 0.4) is 0 Å². The van der Waals surface area contributed by atoms with E-state index in [-0.39, 0.29) is 12.8 Å². The fraction of sp³-hybridized carbons (Fsp3) is 0.259. The summed E-state index contributed by atoms with van der Waals surface area (Å²) in [6, 6.07) is 19.8. The molecule has 0 amide bonds. The van der Waals surface area contributed by atoms with Crippen molar-refractivity contribution >= 4 is 33.7 Å². The van der Waals surface area contributed by atoms with Crippen LogP contribution in [0, 0.1) is 0 Å². The van der Waals surface area contributed by atoms with Crippen LogP contribution in [0.15, 0.2) is 60.7 Å². The number of carbonyl (C=O) groups is 2. The highest BCUT2D eigenvalue weighted by atomic mass is 16.4. The predicted octanol–water partition coefficient (Wildman–Crippen LogP) is 4.84. The summed E-state index contributed by atoms with van der Waals surface area (Å²) in [5, 5.41) is 18.7. The van der Waals surface area contributed by atoms with E-state index in [4.69, 9.17) is 25.9 Å². The average Bonchev–Trinajstić information content (AvgIpc) is 2.85. The molecule has 0 aliphatic carbocycles. The van der Waals surface area contributed by atoms with Gasteiger partial charge in [-0.3, -0.25) is 9.59 Å². The Morgan fingerprint density at radius 1 is 0.853 bits per heavy atom. The Morgan fingerprint density at radius 3 is 2.15 bits per heavy atom. The second-order valence-corrected chi connectivity index (χ2v) is 7.91. The van der Waals surface area contributed by atoms with Crippen LogP contribution in [-0.4, -0.2) is 38.2 Å². The number of aryl methyl sites for hydroxylation is 1. The second-order valence-electron chi connectivity index (χ2n) is 7.91. The molecule has 0 fully saturated rings. The standard InChI is InChI=1S/C22H20N2.C5H9NO4/c1-3-16-17(4-2)22(24-20-12-8-6-10-18(16)20)21-14-13-15-9-5-7-11-19(15)23-21;6-3(5(9)10)1-2-4(7)8/h5-14H,3-4H2,1-2H3;3H,1-2,6H2,(H,7,8)(H,9,10). The minimum absolute atomic E-state index is 0.0231. The van der Waals surface area contributed by atoms with Gasteiger partial charge in [-0.2, -0.15) is 0 Å². The van der Waals surface area contributed by atoms with Crippen LogP contribution in [0.2, 0.25) is 0 Å². The van der Waals surface area contributed by atoms with Crippen molar-refractivity contribution in [1.82, 2.24) is 9.97 Å². The number of carboxylic acid groups (broad SMARTS) is 2. The first-order chi connectivity index (χ1) is 16.3. The molecular weight excluding hydrogens is 430 g/mol. The van der Waals surface area contributed by atoms with Crippen molar-refractivity contribution in [2.24, 2.45) is 5.73 Å². The van der Waals surface area contributed by atoms with E-state index in [0.29, 0.717) is 0 Å². The molecule has 2 aromatic carbocycles. The van der Waals surface area contributed by atoms with Crippen molar-refractivity contribution in [3.63, 3.8) is 0 Å². The maximum absolute atomic E-state index is 9.99. The normalized spacial score (nSPS) is 11.6. The molecule has 7 nitrogen and oxygen atoms in total. The van der Waals surface area contributed by atoms with E-state index in [2.05, 4.69) is 62.4 Å². The van der Waals surface area contributed by atoms with Gasteiger partial charge in [0.2, 0.25) is 0 Å². The summed E-state index contributed by atoms with van der Waals surface area (Å²) in [7, 11) is 0. The number of pyridine rings is 2. The van der Waals surface area contributed by atoms with E-state index in [0.717, 1.165) is 40.6 Å². The topological polar surface area (TPSA) is 126 Å². The Balaban J connectivity index is 0.000000277. The highest BCUT2D eigenvalue weighted by Crippen LogP contribution is 2.31. The number of benzene rings is 2. The third kappa shape index (κ3) is 5.74. The minimum atomic E-state index is -1.17. The highest BCUT2D eigenvalue weighted by Gasteiger charge is 2.15. The van der Waals surface area contributed by atoms with Crippen LogP contribution in [0.5, 0.6) is 0 Å². The van der Waals surface area contributed by atoms with Crippen molar-refractivity contribution in [2.75, 3.05) is 0 Å². The fourth-order valence-electron chi connectivity index (χ4n) is 3.92. The van der Waals surface area contributed by atoms with Crippen molar-refractivity contribution in [2.45, 2.75) is 45.6 Å². The van der Waals surface area contributed by atoms with Crippen LogP contribution in [0.25, 0.3) is 33.2 Å². The summed E-state index contributed by atoms with van der Waals surface area (Å²) in [5.74, 6) is -2.20. The number of nitrogens with zero attached hydrogens (tertiary/aromatic N) is 2. The van der Waals surface area contributed by atoms with Crippen LogP contribution in [0.1, 0.15) is 37.8 Å². The molecule has 2 heterocycles. The molecule has 4 rings (SSSR count). The van der Waals surface area contributed by atoms with Gasteiger partial charge >= 0.3 is 11.9 Å². The number of para-hydroxylation sites is 2. The van der Waals surface area contributed by atoms with Gasteiger partial charge in [-0.15, -0.1) is 0 Å². The number of fused-ring (bicyclic) bond motifs is 2. The zero-order chi connectivity index (χ0) is 24.7. The molecule has 176 valence electrons. The number of hydrogen-bond acceptors (Lipinski definition) is 5. The van der Waals surface area contributed by atoms with Gasteiger partial charge in [-0.1, -0.05) is 56.3 Å². The maximum atomic E-state index is 9.99.